The van der Waals surface area contributed by atoms with Crippen LogP contribution in [0.25, 0.3) is 6.08 Å². The molecule has 0 bridgehead atoms. The summed E-state index contributed by atoms with van der Waals surface area (Å²) in [5, 5.41) is 22.8. The van der Waals surface area contributed by atoms with Crippen LogP contribution in [0.5, 0.6) is 5.75 Å². The standard InChI is InChI=1S/C24H24FNO4S/c1-4-5-6-15-11-17(20(27)10-14(15)3)22(28)26-23-21(24(29)30)18(12-31-23)16-8-7-13(2)9-19(16)25/h5-11,18,27H,4,12H2,1-3H3,(H,26,28)(H,29,30)/b6-5-. The van der Waals surface area contributed by atoms with Crippen molar-refractivity contribution in [3.63, 3.8) is 0 Å². The maximum absolute atomic E-state index is 14.5. The maximum atomic E-state index is 14.5. The lowest BCUT2D eigenvalue weighted by molar-refractivity contribution is -0.132. The predicted octanol–water partition coefficient (Wildman–Crippen LogP) is 5.13. The zero-order valence-corrected chi connectivity index (χ0v) is 18.3. The molecule has 3 N–H and O–H groups in total. The molecule has 162 valence electrons. The second-order valence-corrected chi connectivity index (χ2v) is 8.46. The van der Waals surface area contributed by atoms with Gasteiger partial charge in [0.25, 0.3) is 5.91 Å². The van der Waals surface area contributed by atoms with Crippen molar-refractivity contribution in [1.29, 1.82) is 0 Å². The number of carboxylic acid groups (broad SMARTS) is 1. The monoisotopic (exact) mass is 441 g/mol. The van der Waals surface area contributed by atoms with Crippen LogP contribution < -0.4 is 5.32 Å². The number of benzene rings is 2. The summed E-state index contributed by atoms with van der Waals surface area (Å²) in [4.78, 5) is 24.8. The van der Waals surface area contributed by atoms with E-state index in [9.17, 15) is 24.2 Å². The van der Waals surface area contributed by atoms with Gasteiger partial charge in [0, 0.05) is 11.7 Å². The average molecular weight is 442 g/mol. The second kappa shape index (κ2) is 9.39. The Hall–Kier alpha value is -3.06. The molecule has 1 amide bonds. The molecule has 0 aliphatic carbocycles. The smallest absolute Gasteiger partial charge is 0.334 e. The van der Waals surface area contributed by atoms with Crippen molar-refractivity contribution in [2.75, 3.05) is 5.75 Å². The first kappa shape index (κ1) is 22.6. The van der Waals surface area contributed by atoms with Crippen molar-refractivity contribution in [1.82, 2.24) is 5.32 Å². The molecule has 0 saturated heterocycles. The minimum atomic E-state index is -1.22. The molecule has 1 aliphatic rings. The molecule has 2 aromatic rings. The number of carbonyl (C=O) groups excluding carboxylic acids is 1. The van der Waals surface area contributed by atoms with Crippen molar-refractivity contribution in [2.24, 2.45) is 0 Å². The minimum absolute atomic E-state index is 0.0455. The van der Waals surface area contributed by atoms with E-state index in [1.54, 1.807) is 25.1 Å². The summed E-state index contributed by atoms with van der Waals surface area (Å²) in [5.41, 5.74) is 2.61. The Morgan fingerprint density at radius 1 is 1.26 bits per heavy atom. The van der Waals surface area contributed by atoms with Gasteiger partial charge in [-0.2, -0.15) is 0 Å². The molecule has 0 spiro atoms. The van der Waals surface area contributed by atoms with Crippen LogP contribution in [-0.2, 0) is 4.79 Å². The number of phenolic OH excluding ortho intramolecular Hbond substituents is 1. The third kappa shape index (κ3) is 4.82. The van der Waals surface area contributed by atoms with E-state index < -0.39 is 23.6 Å². The number of thioether (sulfide) groups is 1. The van der Waals surface area contributed by atoms with Crippen LogP contribution in [0.2, 0.25) is 0 Å². The highest BCUT2D eigenvalue weighted by Crippen LogP contribution is 2.42. The van der Waals surface area contributed by atoms with Gasteiger partial charge in [-0.25, -0.2) is 9.18 Å². The fourth-order valence-corrected chi connectivity index (χ4v) is 4.71. The van der Waals surface area contributed by atoms with Gasteiger partial charge in [-0.05, 0) is 60.7 Å². The number of halogens is 1. The van der Waals surface area contributed by atoms with E-state index in [4.69, 9.17) is 0 Å². The Labute approximate surface area is 184 Å². The highest BCUT2D eigenvalue weighted by atomic mass is 32.2. The molecule has 7 heteroatoms. The molecule has 0 fully saturated rings. The Kier molecular flexibility index (Phi) is 6.85. The van der Waals surface area contributed by atoms with E-state index >= 15 is 0 Å². The minimum Gasteiger partial charge on any atom is -0.507 e. The number of aryl methyl sites for hydroxylation is 2. The summed E-state index contributed by atoms with van der Waals surface area (Å²) in [5.74, 6) is -2.89. The van der Waals surface area contributed by atoms with Crippen LogP contribution in [0.4, 0.5) is 4.39 Å². The van der Waals surface area contributed by atoms with E-state index in [1.807, 2.05) is 26.0 Å². The molecular weight excluding hydrogens is 417 g/mol. The Balaban J connectivity index is 1.95. The van der Waals surface area contributed by atoms with E-state index in [1.165, 1.54) is 12.1 Å². The molecule has 0 aromatic heterocycles. The van der Waals surface area contributed by atoms with Gasteiger partial charge in [-0.3, -0.25) is 4.79 Å². The van der Waals surface area contributed by atoms with Crippen molar-refractivity contribution in [3.05, 3.63) is 80.6 Å². The number of aliphatic carboxylic acids is 1. The van der Waals surface area contributed by atoms with Crippen molar-refractivity contribution in [3.8, 4) is 5.75 Å². The number of rotatable bonds is 6. The zero-order chi connectivity index (χ0) is 22.7. The fourth-order valence-electron chi connectivity index (χ4n) is 3.48. The number of aromatic hydroxyl groups is 1. The van der Waals surface area contributed by atoms with Gasteiger partial charge in [-0.15, -0.1) is 11.8 Å². The fraction of sp³-hybridized carbons (Fsp3) is 0.250. The summed E-state index contributed by atoms with van der Waals surface area (Å²) < 4.78 is 14.5. The topological polar surface area (TPSA) is 86.6 Å². The van der Waals surface area contributed by atoms with Gasteiger partial charge in [0.15, 0.2) is 0 Å². The number of phenols is 1. The molecule has 3 rings (SSSR count). The number of carboxylic acids is 1. The van der Waals surface area contributed by atoms with E-state index in [0.717, 1.165) is 34.9 Å². The average Bonchev–Trinajstić information content (AvgIpc) is 3.10. The van der Waals surface area contributed by atoms with Crippen LogP contribution in [0, 0.1) is 19.7 Å². The largest absolute Gasteiger partial charge is 0.507 e. The van der Waals surface area contributed by atoms with Crippen molar-refractivity contribution in [2.45, 2.75) is 33.1 Å². The quantitative estimate of drug-likeness (QED) is 0.579. The van der Waals surface area contributed by atoms with E-state index in [-0.39, 0.29) is 27.5 Å². The van der Waals surface area contributed by atoms with Gasteiger partial charge in [0.1, 0.15) is 11.6 Å². The molecule has 1 unspecified atom stereocenters. The summed E-state index contributed by atoms with van der Waals surface area (Å²) in [6, 6.07) is 7.76. The summed E-state index contributed by atoms with van der Waals surface area (Å²) in [6.07, 6.45) is 4.64. The van der Waals surface area contributed by atoms with Gasteiger partial charge in [0.2, 0.25) is 0 Å². The Morgan fingerprint density at radius 2 is 2.00 bits per heavy atom. The first-order valence-corrected chi connectivity index (χ1v) is 10.9. The lowest BCUT2D eigenvalue weighted by Gasteiger charge is -2.14. The molecule has 31 heavy (non-hydrogen) atoms. The van der Waals surface area contributed by atoms with Crippen LogP contribution >= 0.6 is 11.8 Å². The lowest BCUT2D eigenvalue weighted by Crippen LogP contribution is -2.24. The molecule has 2 aromatic carbocycles. The molecular formula is C24H24FNO4S. The highest BCUT2D eigenvalue weighted by molar-refractivity contribution is 8.03. The van der Waals surface area contributed by atoms with Gasteiger partial charge in [-0.1, -0.05) is 31.2 Å². The molecule has 1 heterocycles. The lowest BCUT2D eigenvalue weighted by atomic mass is 9.92. The normalized spacial score (nSPS) is 16.2. The molecule has 1 aliphatic heterocycles. The van der Waals surface area contributed by atoms with E-state index in [0.29, 0.717) is 5.75 Å². The van der Waals surface area contributed by atoms with Gasteiger partial charge >= 0.3 is 5.97 Å². The first-order chi connectivity index (χ1) is 14.7. The van der Waals surface area contributed by atoms with Crippen LogP contribution in [-0.4, -0.2) is 27.8 Å². The first-order valence-electron chi connectivity index (χ1n) is 9.90. The Morgan fingerprint density at radius 3 is 2.65 bits per heavy atom. The number of allylic oxidation sites excluding steroid dienone is 1. The van der Waals surface area contributed by atoms with Crippen molar-refractivity contribution >= 4 is 29.7 Å². The number of nitrogens with one attached hydrogen (secondary N) is 1. The maximum Gasteiger partial charge on any atom is 0.334 e. The van der Waals surface area contributed by atoms with Crippen molar-refractivity contribution < 1.29 is 24.2 Å². The summed E-state index contributed by atoms with van der Waals surface area (Å²) in [6.45, 7) is 5.58. The number of carbonyl (C=O) groups is 2. The van der Waals surface area contributed by atoms with Crippen LogP contribution in [0.1, 0.15) is 51.9 Å². The SMILES string of the molecule is CC/C=C\c1cc(C(=O)NC2=C(C(=O)O)C(c3ccc(C)cc3F)CS2)c(O)cc1C. The molecule has 0 saturated carbocycles. The third-order valence-corrected chi connectivity index (χ3v) is 6.25. The highest BCUT2D eigenvalue weighted by Gasteiger charge is 2.35. The second-order valence-electron chi connectivity index (χ2n) is 7.43. The molecule has 5 nitrogen and oxygen atoms in total. The zero-order valence-electron chi connectivity index (χ0n) is 17.5. The number of amides is 1. The number of hydrogen-bond acceptors (Lipinski definition) is 4. The molecule has 0 radical (unpaired) electrons. The van der Waals surface area contributed by atoms with Gasteiger partial charge in [0.05, 0.1) is 16.2 Å². The summed E-state index contributed by atoms with van der Waals surface area (Å²) >= 11 is 1.15. The molecule has 1 atom stereocenters. The third-order valence-electron chi connectivity index (χ3n) is 5.14. The van der Waals surface area contributed by atoms with Gasteiger partial charge < -0.3 is 15.5 Å². The van der Waals surface area contributed by atoms with E-state index in [2.05, 4.69) is 5.32 Å². The Bertz CT molecular complexity index is 1110. The summed E-state index contributed by atoms with van der Waals surface area (Å²) in [7, 11) is 0. The van der Waals surface area contributed by atoms with Crippen LogP contribution in [0.3, 0.4) is 0 Å². The predicted molar refractivity (Wildman–Crippen MR) is 121 cm³/mol. The number of hydrogen-bond donors (Lipinski definition) is 3. The van der Waals surface area contributed by atoms with Crippen LogP contribution in [0.15, 0.2) is 47.0 Å².